The van der Waals surface area contributed by atoms with E-state index in [-0.39, 0.29) is 0 Å². The summed E-state index contributed by atoms with van der Waals surface area (Å²) in [6.45, 7) is 0.653. The van der Waals surface area contributed by atoms with Gasteiger partial charge in [0.1, 0.15) is 12.0 Å². The first kappa shape index (κ1) is 15.6. The van der Waals surface area contributed by atoms with Crippen molar-refractivity contribution in [1.82, 2.24) is 9.97 Å². The van der Waals surface area contributed by atoms with E-state index in [1.165, 1.54) is 6.33 Å². The molecule has 22 heavy (non-hydrogen) atoms. The number of anilines is 3. The maximum atomic E-state index is 5.89. The van der Waals surface area contributed by atoms with Crippen molar-refractivity contribution in [2.45, 2.75) is 6.42 Å². The minimum absolute atomic E-state index is 0.386. The zero-order chi connectivity index (χ0) is 15.9. The SMILES string of the molecule is COc1ccc(CCNc2ncnc(NN)c2N)cc1OC. The van der Waals surface area contributed by atoms with Gasteiger partial charge in [0.2, 0.25) is 0 Å². The molecule has 6 N–H and O–H groups in total. The lowest BCUT2D eigenvalue weighted by Crippen LogP contribution is -2.14. The summed E-state index contributed by atoms with van der Waals surface area (Å²) in [5.74, 6) is 7.67. The van der Waals surface area contributed by atoms with Crippen molar-refractivity contribution in [2.24, 2.45) is 5.84 Å². The summed E-state index contributed by atoms with van der Waals surface area (Å²) in [5, 5.41) is 3.16. The molecule has 0 aliphatic heterocycles. The molecule has 0 amide bonds. The second-order valence-corrected chi connectivity index (χ2v) is 4.50. The summed E-state index contributed by atoms with van der Waals surface area (Å²) < 4.78 is 10.5. The highest BCUT2D eigenvalue weighted by atomic mass is 16.5. The molecule has 0 spiro atoms. The highest BCUT2D eigenvalue weighted by Gasteiger charge is 2.07. The van der Waals surface area contributed by atoms with Crippen LogP contribution in [0.1, 0.15) is 5.56 Å². The fourth-order valence-electron chi connectivity index (χ4n) is 2.01. The lowest BCUT2D eigenvalue weighted by molar-refractivity contribution is 0.354. The van der Waals surface area contributed by atoms with Crippen molar-refractivity contribution < 1.29 is 9.47 Å². The predicted molar refractivity (Wildman–Crippen MR) is 86.0 cm³/mol. The maximum Gasteiger partial charge on any atom is 0.168 e. The van der Waals surface area contributed by atoms with Crippen LogP contribution in [0.4, 0.5) is 17.3 Å². The largest absolute Gasteiger partial charge is 0.493 e. The number of rotatable bonds is 7. The van der Waals surface area contributed by atoms with E-state index in [1.54, 1.807) is 14.2 Å². The Labute approximate surface area is 128 Å². The van der Waals surface area contributed by atoms with Gasteiger partial charge in [-0.05, 0) is 24.1 Å². The number of hydrogen-bond acceptors (Lipinski definition) is 8. The number of nitrogens with two attached hydrogens (primary N) is 2. The smallest absolute Gasteiger partial charge is 0.168 e. The fourth-order valence-corrected chi connectivity index (χ4v) is 2.01. The number of nitrogens with zero attached hydrogens (tertiary/aromatic N) is 2. The van der Waals surface area contributed by atoms with Gasteiger partial charge >= 0.3 is 0 Å². The molecule has 0 radical (unpaired) electrons. The Kier molecular flexibility index (Phi) is 5.21. The second kappa shape index (κ2) is 7.32. The van der Waals surface area contributed by atoms with E-state index in [1.807, 2.05) is 18.2 Å². The predicted octanol–water partition coefficient (Wildman–Crippen LogP) is 1.02. The monoisotopic (exact) mass is 304 g/mol. The maximum absolute atomic E-state index is 5.89. The van der Waals surface area contributed by atoms with Crippen LogP contribution in [0.25, 0.3) is 0 Å². The van der Waals surface area contributed by atoms with Crippen molar-refractivity contribution in [3.05, 3.63) is 30.1 Å². The lowest BCUT2D eigenvalue weighted by atomic mass is 10.1. The van der Waals surface area contributed by atoms with Crippen LogP contribution in [0.2, 0.25) is 0 Å². The van der Waals surface area contributed by atoms with Crippen molar-refractivity contribution >= 4 is 17.3 Å². The quantitative estimate of drug-likeness (QED) is 0.442. The summed E-state index contributed by atoms with van der Waals surface area (Å²) in [5.41, 5.74) is 9.81. The van der Waals surface area contributed by atoms with E-state index in [4.69, 9.17) is 21.1 Å². The first-order chi connectivity index (χ1) is 10.7. The van der Waals surface area contributed by atoms with Gasteiger partial charge in [0.25, 0.3) is 0 Å². The van der Waals surface area contributed by atoms with Crippen LogP contribution >= 0.6 is 0 Å². The molecular formula is C14H20N6O2. The zero-order valence-corrected chi connectivity index (χ0v) is 12.6. The third kappa shape index (κ3) is 3.47. The number of aromatic nitrogens is 2. The average Bonchev–Trinajstić information content (AvgIpc) is 2.56. The van der Waals surface area contributed by atoms with Gasteiger partial charge in [0.05, 0.1) is 14.2 Å². The van der Waals surface area contributed by atoms with Crippen LogP contribution in [0.5, 0.6) is 11.5 Å². The van der Waals surface area contributed by atoms with Crippen LogP contribution in [0.15, 0.2) is 24.5 Å². The minimum atomic E-state index is 0.386. The molecule has 8 nitrogen and oxygen atoms in total. The molecule has 0 unspecified atom stereocenters. The van der Waals surface area contributed by atoms with Gasteiger partial charge in [0.15, 0.2) is 23.1 Å². The summed E-state index contributed by atoms with van der Waals surface area (Å²) in [7, 11) is 3.23. The molecule has 0 fully saturated rings. The Morgan fingerprint density at radius 2 is 1.82 bits per heavy atom. The molecule has 2 aromatic rings. The van der Waals surface area contributed by atoms with E-state index in [0.29, 0.717) is 35.4 Å². The van der Waals surface area contributed by atoms with E-state index in [2.05, 4.69) is 20.7 Å². The standard InChI is InChI=1S/C14H20N6O2/c1-21-10-4-3-9(7-11(10)22-2)5-6-17-13-12(15)14(20-16)19-8-18-13/h3-4,7-8H,5-6,15-16H2,1-2H3,(H2,17,18,19,20). The van der Waals surface area contributed by atoms with Crippen molar-refractivity contribution in [2.75, 3.05) is 37.2 Å². The molecule has 0 saturated carbocycles. The van der Waals surface area contributed by atoms with Crippen LogP contribution in [0, 0.1) is 0 Å². The Hall–Kier alpha value is -2.74. The number of ether oxygens (including phenoxy) is 2. The highest BCUT2D eigenvalue weighted by molar-refractivity contribution is 5.73. The van der Waals surface area contributed by atoms with Crippen molar-refractivity contribution in [3.8, 4) is 11.5 Å². The third-order valence-electron chi connectivity index (χ3n) is 3.17. The Morgan fingerprint density at radius 3 is 2.50 bits per heavy atom. The van der Waals surface area contributed by atoms with Gasteiger partial charge in [0, 0.05) is 6.54 Å². The van der Waals surface area contributed by atoms with Gasteiger partial charge < -0.3 is 25.9 Å². The van der Waals surface area contributed by atoms with E-state index in [0.717, 1.165) is 12.0 Å². The summed E-state index contributed by atoms with van der Waals surface area (Å²) in [6.07, 6.45) is 2.17. The van der Waals surface area contributed by atoms with E-state index in [9.17, 15) is 0 Å². The molecule has 118 valence electrons. The van der Waals surface area contributed by atoms with Crippen LogP contribution in [-0.4, -0.2) is 30.7 Å². The van der Waals surface area contributed by atoms with Crippen molar-refractivity contribution in [3.63, 3.8) is 0 Å². The molecule has 0 atom stereocenters. The van der Waals surface area contributed by atoms with Gasteiger partial charge in [-0.1, -0.05) is 6.07 Å². The highest BCUT2D eigenvalue weighted by Crippen LogP contribution is 2.28. The van der Waals surface area contributed by atoms with Crippen LogP contribution < -0.4 is 31.8 Å². The topological polar surface area (TPSA) is 120 Å². The van der Waals surface area contributed by atoms with Crippen LogP contribution in [0.3, 0.4) is 0 Å². The van der Waals surface area contributed by atoms with Gasteiger partial charge in [-0.15, -0.1) is 0 Å². The molecule has 1 aromatic carbocycles. The molecular weight excluding hydrogens is 284 g/mol. The molecule has 1 heterocycles. The zero-order valence-electron chi connectivity index (χ0n) is 12.6. The van der Waals surface area contributed by atoms with Gasteiger partial charge in [-0.2, -0.15) is 0 Å². The number of methoxy groups -OCH3 is 2. The number of nitrogens with one attached hydrogen (secondary N) is 2. The number of hydrogen-bond donors (Lipinski definition) is 4. The molecule has 8 heteroatoms. The Bertz CT molecular complexity index is 635. The minimum Gasteiger partial charge on any atom is -0.493 e. The molecule has 1 aromatic heterocycles. The summed E-state index contributed by atoms with van der Waals surface area (Å²) >= 11 is 0. The first-order valence-corrected chi connectivity index (χ1v) is 6.71. The molecule has 2 rings (SSSR count). The van der Waals surface area contributed by atoms with Crippen LogP contribution in [-0.2, 0) is 6.42 Å². The summed E-state index contributed by atoms with van der Waals surface area (Å²) in [6, 6.07) is 5.81. The number of nitrogen functional groups attached to an aromatic ring is 2. The van der Waals surface area contributed by atoms with Crippen molar-refractivity contribution in [1.29, 1.82) is 0 Å². The molecule has 0 aliphatic rings. The summed E-state index contributed by atoms with van der Waals surface area (Å²) in [4.78, 5) is 8.01. The average molecular weight is 304 g/mol. The Balaban J connectivity index is 1.99. The number of hydrazine groups is 1. The third-order valence-corrected chi connectivity index (χ3v) is 3.17. The second-order valence-electron chi connectivity index (χ2n) is 4.50. The molecule has 0 aliphatic carbocycles. The fraction of sp³-hybridized carbons (Fsp3) is 0.286. The molecule has 0 bridgehead atoms. The molecule has 0 saturated heterocycles. The van der Waals surface area contributed by atoms with E-state index < -0.39 is 0 Å². The van der Waals surface area contributed by atoms with E-state index >= 15 is 0 Å². The normalized spacial score (nSPS) is 10.1. The van der Waals surface area contributed by atoms with Gasteiger partial charge in [-0.3, -0.25) is 0 Å². The lowest BCUT2D eigenvalue weighted by Gasteiger charge is -2.12. The van der Waals surface area contributed by atoms with Gasteiger partial charge in [-0.25, -0.2) is 15.8 Å². The number of benzene rings is 1. The first-order valence-electron chi connectivity index (χ1n) is 6.71. The Morgan fingerprint density at radius 1 is 1.09 bits per heavy atom.